The number of ether oxygens (including phenoxy) is 1. The molecule has 0 saturated carbocycles. The van der Waals surface area contributed by atoms with Crippen molar-refractivity contribution in [2.45, 2.75) is 63.9 Å². The zero-order chi connectivity index (χ0) is 15.4. The third kappa shape index (κ3) is 5.60. The van der Waals surface area contributed by atoms with Crippen LogP contribution in [0, 0.1) is 0 Å². The molecule has 0 radical (unpaired) electrons. The number of halogens is 2. The van der Waals surface area contributed by atoms with Gasteiger partial charge in [0.1, 0.15) is 0 Å². The summed E-state index contributed by atoms with van der Waals surface area (Å²) in [5.41, 5.74) is 0. The van der Waals surface area contributed by atoms with Crippen LogP contribution in [-0.2, 0) is 23.1 Å². The SMILES string of the molecule is CC(C)OC(=O)C(Cl)(Cl)P(=O)(OC(C)C)OC(C)C. The molecule has 0 aliphatic carbocycles. The summed E-state index contributed by atoms with van der Waals surface area (Å²) in [6.07, 6.45) is -1.41. The highest BCUT2D eigenvalue weighted by Gasteiger charge is 2.57. The van der Waals surface area contributed by atoms with Gasteiger partial charge in [0, 0.05) is 0 Å². The minimum Gasteiger partial charge on any atom is -0.460 e. The first kappa shape index (κ1) is 19.2. The largest absolute Gasteiger partial charge is 0.460 e. The fourth-order valence-corrected chi connectivity index (χ4v) is 3.38. The molecule has 5 nitrogen and oxygen atoms in total. The number of carbonyl (C=O) groups excluding carboxylic acids is 1. The normalized spacial score (nSPS) is 13.4. The molecule has 0 amide bonds. The van der Waals surface area contributed by atoms with Crippen molar-refractivity contribution in [1.29, 1.82) is 0 Å². The maximum Gasteiger partial charge on any atom is 0.378 e. The van der Waals surface area contributed by atoms with Gasteiger partial charge in [-0.05, 0) is 41.5 Å². The molecule has 0 aromatic rings. The number of hydrogen-bond donors (Lipinski definition) is 0. The number of carbonyl (C=O) groups is 1. The Labute approximate surface area is 124 Å². The molecule has 8 heteroatoms. The predicted molar refractivity (Wildman–Crippen MR) is 75.7 cm³/mol. The lowest BCUT2D eigenvalue weighted by Gasteiger charge is -2.30. The average molecular weight is 335 g/mol. The molecule has 0 aromatic carbocycles. The van der Waals surface area contributed by atoms with Crippen LogP contribution in [-0.4, -0.2) is 28.4 Å². The first-order valence-electron chi connectivity index (χ1n) is 5.98. The molecule has 114 valence electrons. The zero-order valence-corrected chi connectivity index (χ0v) is 14.4. The number of rotatable bonds is 7. The molecule has 0 atom stereocenters. The van der Waals surface area contributed by atoms with E-state index in [0.717, 1.165) is 0 Å². The summed E-state index contributed by atoms with van der Waals surface area (Å²) < 4.78 is 25.5. The molecule has 0 aliphatic heterocycles. The van der Waals surface area contributed by atoms with Crippen molar-refractivity contribution < 1.29 is 23.1 Å². The van der Waals surface area contributed by atoms with E-state index in [1.54, 1.807) is 41.5 Å². The molecule has 19 heavy (non-hydrogen) atoms. The molecule has 0 aliphatic rings. The Kier molecular flexibility index (Phi) is 7.35. The van der Waals surface area contributed by atoms with Crippen LogP contribution in [0.2, 0.25) is 0 Å². The lowest BCUT2D eigenvalue weighted by atomic mass is 10.5. The van der Waals surface area contributed by atoms with Crippen LogP contribution >= 0.6 is 30.8 Å². The standard InChI is InChI=1S/C11H21Cl2O5P/c1-7(2)16-10(14)11(12,13)19(15,17-8(3)4)18-9(5)6/h7-9H,1-6H3. The van der Waals surface area contributed by atoms with Gasteiger partial charge in [0.25, 0.3) is 0 Å². The van der Waals surface area contributed by atoms with Crippen molar-refractivity contribution in [3.05, 3.63) is 0 Å². The van der Waals surface area contributed by atoms with E-state index in [1.165, 1.54) is 0 Å². The van der Waals surface area contributed by atoms with E-state index < -0.39 is 36.0 Å². The van der Waals surface area contributed by atoms with Crippen LogP contribution < -0.4 is 0 Å². The summed E-state index contributed by atoms with van der Waals surface area (Å²) in [6, 6.07) is 0. The van der Waals surface area contributed by atoms with Crippen LogP contribution in [0.15, 0.2) is 0 Å². The van der Waals surface area contributed by atoms with E-state index in [0.29, 0.717) is 0 Å². The van der Waals surface area contributed by atoms with Crippen molar-refractivity contribution in [3.8, 4) is 0 Å². The van der Waals surface area contributed by atoms with Crippen molar-refractivity contribution in [2.75, 3.05) is 0 Å². The molecule has 0 aromatic heterocycles. The maximum atomic E-state index is 12.7. The van der Waals surface area contributed by atoms with Gasteiger partial charge in [-0.2, -0.15) is 0 Å². The Morgan fingerprint density at radius 3 is 1.58 bits per heavy atom. The van der Waals surface area contributed by atoms with Crippen LogP contribution in [0.1, 0.15) is 41.5 Å². The highest BCUT2D eigenvalue weighted by Crippen LogP contribution is 2.66. The molecule has 0 fully saturated rings. The molecule has 0 saturated heterocycles. The summed E-state index contributed by atoms with van der Waals surface area (Å²) in [5, 5.41) is 0. The molecule has 0 spiro atoms. The molecule has 0 unspecified atom stereocenters. The van der Waals surface area contributed by atoms with Crippen molar-refractivity contribution in [1.82, 2.24) is 0 Å². The van der Waals surface area contributed by atoms with Gasteiger partial charge in [-0.15, -0.1) is 0 Å². The second kappa shape index (κ2) is 7.28. The number of alkyl halides is 2. The predicted octanol–water partition coefficient (Wildman–Crippen LogP) is 4.11. The van der Waals surface area contributed by atoms with Gasteiger partial charge >= 0.3 is 17.6 Å². The van der Waals surface area contributed by atoms with E-state index in [-0.39, 0.29) is 0 Å². The van der Waals surface area contributed by atoms with Gasteiger partial charge in [0.2, 0.25) is 0 Å². The molecule has 0 bridgehead atoms. The quantitative estimate of drug-likeness (QED) is 0.398. The summed E-state index contributed by atoms with van der Waals surface area (Å²) in [7, 11) is -4.09. The molecule has 0 heterocycles. The third-order valence-corrected chi connectivity index (χ3v) is 5.45. The van der Waals surface area contributed by atoms with Gasteiger partial charge < -0.3 is 13.8 Å². The van der Waals surface area contributed by atoms with Gasteiger partial charge in [-0.3, -0.25) is 4.57 Å². The highest BCUT2D eigenvalue weighted by atomic mass is 35.5. The van der Waals surface area contributed by atoms with Gasteiger partial charge in [0.05, 0.1) is 18.3 Å². The Morgan fingerprint density at radius 1 is 0.947 bits per heavy atom. The Bertz CT molecular complexity index is 341. The molecular formula is C11H21Cl2O5P. The Hall–Kier alpha value is 0.200. The van der Waals surface area contributed by atoms with Crippen LogP contribution in [0.25, 0.3) is 0 Å². The minimum atomic E-state index is -4.09. The highest BCUT2D eigenvalue weighted by molar-refractivity contribution is 7.61. The zero-order valence-electron chi connectivity index (χ0n) is 12.0. The van der Waals surface area contributed by atoms with Crippen LogP contribution in [0.4, 0.5) is 0 Å². The van der Waals surface area contributed by atoms with Gasteiger partial charge in [-0.25, -0.2) is 4.79 Å². The second-order valence-electron chi connectivity index (χ2n) is 4.80. The lowest BCUT2D eigenvalue weighted by Crippen LogP contribution is -2.33. The average Bonchev–Trinajstić information content (AvgIpc) is 2.12. The molecule has 0 rings (SSSR count). The first-order valence-corrected chi connectivity index (χ1v) is 8.28. The minimum absolute atomic E-state index is 0.448. The fraction of sp³-hybridized carbons (Fsp3) is 0.909. The monoisotopic (exact) mass is 334 g/mol. The van der Waals surface area contributed by atoms with Gasteiger partial charge in [-0.1, -0.05) is 23.2 Å². The van der Waals surface area contributed by atoms with E-state index in [9.17, 15) is 9.36 Å². The van der Waals surface area contributed by atoms with Gasteiger partial charge in [0.15, 0.2) is 0 Å². The van der Waals surface area contributed by atoms with Crippen LogP contribution in [0.5, 0.6) is 0 Å². The van der Waals surface area contributed by atoms with Crippen molar-refractivity contribution in [3.63, 3.8) is 0 Å². The van der Waals surface area contributed by atoms with E-state index in [2.05, 4.69) is 0 Å². The number of esters is 1. The molecular weight excluding hydrogens is 314 g/mol. The lowest BCUT2D eigenvalue weighted by molar-refractivity contribution is -0.146. The summed E-state index contributed by atoms with van der Waals surface area (Å²) in [6.45, 7) is 9.78. The van der Waals surface area contributed by atoms with Crippen molar-refractivity contribution >= 4 is 36.8 Å². The maximum absolute atomic E-state index is 12.7. The summed E-state index contributed by atoms with van der Waals surface area (Å²) >= 11 is 11.8. The Balaban J connectivity index is 5.33. The Morgan fingerprint density at radius 2 is 1.32 bits per heavy atom. The first-order chi connectivity index (χ1) is 8.42. The van der Waals surface area contributed by atoms with Crippen LogP contribution in [0.3, 0.4) is 0 Å². The third-order valence-electron chi connectivity index (χ3n) is 1.63. The summed E-state index contributed by atoms with van der Waals surface area (Å²) in [4.78, 5) is 11.9. The number of hydrogen-bond acceptors (Lipinski definition) is 5. The topological polar surface area (TPSA) is 61.8 Å². The second-order valence-corrected chi connectivity index (χ2v) is 8.74. The fourth-order valence-electron chi connectivity index (χ4n) is 1.11. The molecule has 0 N–H and O–H groups in total. The van der Waals surface area contributed by atoms with Crippen molar-refractivity contribution in [2.24, 2.45) is 0 Å². The van der Waals surface area contributed by atoms with E-state index in [1.807, 2.05) is 0 Å². The van der Waals surface area contributed by atoms with E-state index in [4.69, 9.17) is 37.0 Å². The smallest absolute Gasteiger partial charge is 0.378 e. The summed E-state index contributed by atoms with van der Waals surface area (Å²) in [5.74, 6) is -1.05. The van der Waals surface area contributed by atoms with E-state index >= 15 is 0 Å².